The molecule has 0 amide bonds. The summed E-state index contributed by atoms with van der Waals surface area (Å²) in [4.78, 5) is 2.51. The molecule has 7 heteroatoms. The molecule has 0 aromatic heterocycles. The number of piperidine rings is 2. The van der Waals surface area contributed by atoms with Crippen molar-refractivity contribution in [1.29, 1.82) is 0 Å². The third-order valence-corrected chi connectivity index (χ3v) is 6.70. The molecule has 5 nitrogen and oxygen atoms in total. The summed E-state index contributed by atoms with van der Waals surface area (Å²) in [5, 5.41) is 3.46. The maximum absolute atomic E-state index is 11.9. The molecule has 2 aliphatic heterocycles. The van der Waals surface area contributed by atoms with E-state index in [9.17, 15) is 8.42 Å². The van der Waals surface area contributed by atoms with E-state index in [1.54, 1.807) is 18.3 Å². The summed E-state index contributed by atoms with van der Waals surface area (Å²) in [7, 11) is -1.30. The van der Waals surface area contributed by atoms with Crippen LogP contribution >= 0.6 is 12.4 Å². The number of rotatable bonds is 5. The van der Waals surface area contributed by atoms with Gasteiger partial charge in [-0.2, -0.15) is 0 Å². The van der Waals surface area contributed by atoms with Gasteiger partial charge < -0.3 is 10.2 Å². The van der Waals surface area contributed by atoms with Gasteiger partial charge in [-0.05, 0) is 64.7 Å². The normalized spacial score (nSPS) is 25.8. The fraction of sp³-hybridized carbons (Fsp3) is 1.00. The standard InChI is InChI=1S/C14H29N3O2S.ClH/c1-3-20(18,19)16(2)14-6-9-17(10-7-14)12-13-5-4-8-15-11-13;/h13-15H,3-12H2,1-2H3;1H. The van der Waals surface area contributed by atoms with Crippen molar-refractivity contribution < 1.29 is 8.42 Å². The van der Waals surface area contributed by atoms with E-state index in [1.807, 2.05) is 0 Å². The van der Waals surface area contributed by atoms with Gasteiger partial charge in [-0.3, -0.25) is 0 Å². The number of halogens is 1. The largest absolute Gasteiger partial charge is 0.316 e. The zero-order valence-electron chi connectivity index (χ0n) is 13.3. The molecule has 2 saturated heterocycles. The Morgan fingerprint density at radius 3 is 2.43 bits per heavy atom. The highest BCUT2D eigenvalue weighted by Gasteiger charge is 2.29. The van der Waals surface area contributed by atoms with Crippen LogP contribution in [0.4, 0.5) is 0 Å². The molecule has 1 unspecified atom stereocenters. The van der Waals surface area contributed by atoms with E-state index < -0.39 is 10.0 Å². The van der Waals surface area contributed by atoms with Crippen LogP contribution in [0.15, 0.2) is 0 Å². The van der Waals surface area contributed by atoms with Crippen molar-refractivity contribution in [3.8, 4) is 0 Å². The number of sulfonamides is 1. The minimum absolute atomic E-state index is 0. The Morgan fingerprint density at radius 2 is 1.90 bits per heavy atom. The van der Waals surface area contributed by atoms with Gasteiger partial charge in [-0.15, -0.1) is 12.4 Å². The first-order chi connectivity index (χ1) is 9.53. The molecule has 0 aliphatic carbocycles. The number of nitrogens with zero attached hydrogens (tertiary/aromatic N) is 2. The smallest absolute Gasteiger partial charge is 0.213 e. The first-order valence-corrected chi connectivity index (χ1v) is 9.52. The fourth-order valence-electron chi connectivity index (χ4n) is 3.34. The molecule has 2 rings (SSSR count). The Balaban J connectivity index is 0.00000220. The van der Waals surface area contributed by atoms with E-state index in [0.29, 0.717) is 0 Å². The van der Waals surface area contributed by atoms with Crippen LogP contribution < -0.4 is 5.32 Å². The van der Waals surface area contributed by atoms with Gasteiger partial charge in [-0.25, -0.2) is 12.7 Å². The van der Waals surface area contributed by atoms with Gasteiger partial charge in [0.15, 0.2) is 0 Å². The van der Waals surface area contributed by atoms with Crippen molar-refractivity contribution in [3.05, 3.63) is 0 Å². The Kier molecular flexibility index (Phi) is 7.92. The second kappa shape index (κ2) is 8.67. The fourth-order valence-corrected chi connectivity index (χ4v) is 4.41. The highest BCUT2D eigenvalue weighted by Crippen LogP contribution is 2.20. The second-order valence-corrected chi connectivity index (χ2v) is 8.48. The maximum atomic E-state index is 11.9. The molecule has 0 aromatic rings. The van der Waals surface area contributed by atoms with E-state index >= 15 is 0 Å². The van der Waals surface area contributed by atoms with Crippen LogP contribution in [0.25, 0.3) is 0 Å². The van der Waals surface area contributed by atoms with Gasteiger partial charge in [0.1, 0.15) is 0 Å². The van der Waals surface area contributed by atoms with E-state index in [-0.39, 0.29) is 24.2 Å². The van der Waals surface area contributed by atoms with Crippen molar-refractivity contribution in [2.75, 3.05) is 45.5 Å². The lowest BCUT2D eigenvalue weighted by atomic mass is 9.97. The van der Waals surface area contributed by atoms with Crippen LogP contribution in [-0.2, 0) is 10.0 Å². The quantitative estimate of drug-likeness (QED) is 0.816. The molecule has 2 fully saturated rings. The number of hydrogen-bond acceptors (Lipinski definition) is 4. The second-order valence-electron chi connectivity index (χ2n) is 6.16. The van der Waals surface area contributed by atoms with Crippen LogP contribution in [0.5, 0.6) is 0 Å². The molecule has 0 radical (unpaired) electrons. The Labute approximate surface area is 135 Å². The summed E-state index contributed by atoms with van der Waals surface area (Å²) < 4.78 is 25.4. The Hall–Kier alpha value is 0.120. The summed E-state index contributed by atoms with van der Waals surface area (Å²) in [5.74, 6) is 0.981. The zero-order valence-corrected chi connectivity index (χ0v) is 14.9. The van der Waals surface area contributed by atoms with Crippen LogP contribution in [-0.4, -0.2) is 69.2 Å². The van der Waals surface area contributed by atoms with Crippen LogP contribution in [0, 0.1) is 5.92 Å². The molecular formula is C14H30ClN3O2S. The maximum Gasteiger partial charge on any atom is 0.213 e. The number of nitrogens with one attached hydrogen (secondary N) is 1. The third-order valence-electron chi connectivity index (χ3n) is 4.79. The summed E-state index contributed by atoms with van der Waals surface area (Å²) in [5.41, 5.74) is 0. The Morgan fingerprint density at radius 1 is 1.24 bits per heavy atom. The predicted molar refractivity (Wildman–Crippen MR) is 89.5 cm³/mol. The lowest BCUT2D eigenvalue weighted by molar-refractivity contribution is 0.142. The summed E-state index contributed by atoms with van der Waals surface area (Å²) in [6, 6.07) is 0.195. The van der Waals surface area contributed by atoms with Gasteiger partial charge in [0, 0.05) is 19.6 Å². The molecule has 0 bridgehead atoms. The predicted octanol–water partition coefficient (Wildman–Crippen LogP) is 1.15. The topological polar surface area (TPSA) is 52.7 Å². The SMILES string of the molecule is CCS(=O)(=O)N(C)C1CCN(CC2CCCNC2)CC1.Cl. The number of hydrogen-bond donors (Lipinski definition) is 1. The van der Waals surface area contributed by atoms with Gasteiger partial charge in [0.05, 0.1) is 5.75 Å². The average molecular weight is 340 g/mol. The molecule has 21 heavy (non-hydrogen) atoms. The van der Waals surface area contributed by atoms with Crippen molar-refractivity contribution in [1.82, 2.24) is 14.5 Å². The molecule has 2 heterocycles. The highest BCUT2D eigenvalue weighted by atomic mass is 35.5. The molecule has 1 atom stereocenters. The molecule has 0 aromatic carbocycles. The van der Waals surface area contributed by atoms with Gasteiger partial charge in [-0.1, -0.05) is 0 Å². The van der Waals surface area contributed by atoms with E-state index in [0.717, 1.165) is 44.9 Å². The van der Waals surface area contributed by atoms with Crippen LogP contribution in [0.1, 0.15) is 32.6 Å². The lowest BCUT2D eigenvalue weighted by Gasteiger charge is -2.38. The molecular weight excluding hydrogens is 310 g/mol. The van der Waals surface area contributed by atoms with E-state index in [1.165, 1.54) is 19.4 Å². The summed E-state index contributed by atoms with van der Waals surface area (Å²) in [6.45, 7) is 7.26. The van der Waals surface area contributed by atoms with E-state index in [4.69, 9.17) is 0 Å². The average Bonchev–Trinajstić information content (AvgIpc) is 2.48. The highest BCUT2D eigenvalue weighted by molar-refractivity contribution is 7.89. The van der Waals surface area contributed by atoms with Gasteiger partial charge in [0.2, 0.25) is 10.0 Å². The molecule has 2 aliphatic rings. The minimum atomic E-state index is -3.04. The van der Waals surface area contributed by atoms with Crippen molar-refractivity contribution in [2.45, 2.75) is 38.6 Å². The summed E-state index contributed by atoms with van der Waals surface area (Å²) >= 11 is 0. The molecule has 1 N–H and O–H groups in total. The van der Waals surface area contributed by atoms with E-state index in [2.05, 4.69) is 10.2 Å². The van der Waals surface area contributed by atoms with Crippen molar-refractivity contribution >= 4 is 22.4 Å². The first kappa shape index (κ1) is 19.2. The van der Waals surface area contributed by atoms with Crippen LogP contribution in [0.2, 0.25) is 0 Å². The lowest BCUT2D eigenvalue weighted by Crippen LogP contribution is -2.48. The Bertz CT molecular complexity index is 391. The summed E-state index contributed by atoms with van der Waals surface area (Å²) in [6.07, 6.45) is 4.56. The van der Waals surface area contributed by atoms with Crippen molar-refractivity contribution in [2.24, 2.45) is 5.92 Å². The minimum Gasteiger partial charge on any atom is -0.316 e. The molecule has 126 valence electrons. The van der Waals surface area contributed by atoms with Crippen LogP contribution in [0.3, 0.4) is 0 Å². The van der Waals surface area contributed by atoms with Gasteiger partial charge in [0.25, 0.3) is 0 Å². The van der Waals surface area contributed by atoms with Gasteiger partial charge >= 0.3 is 0 Å². The third kappa shape index (κ3) is 5.36. The van der Waals surface area contributed by atoms with Crippen molar-refractivity contribution in [3.63, 3.8) is 0 Å². The molecule has 0 spiro atoms. The zero-order chi connectivity index (χ0) is 14.6. The molecule has 0 saturated carbocycles. The number of likely N-dealkylation sites (tertiary alicyclic amines) is 1. The first-order valence-electron chi connectivity index (χ1n) is 7.91. The monoisotopic (exact) mass is 339 g/mol.